The Kier molecular flexibility index (Phi) is 5.21. The van der Waals surface area contributed by atoms with Crippen LogP contribution in [-0.2, 0) is 11.8 Å². The second-order valence-corrected chi connectivity index (χ2v) is 8.32. The van der Waals surface area contributed by atoms with Crippen molar-refractivity contribution in [2.75, 3.05) is 0 Å². The molecule has 2 rings (SSSR count). The Balaban J connectivity index is 1.98. The Morgan fingerprint density at radius 2 is 2.00 bits per heavy atom. The minimum Gasteiger partial charge on any atom is -0.271 e. The Morgan fingerprint density at radius 3 is 2.50 bits per heavy atom. The number of aromatic nitrogens is 1. The van der Waals surface area contributed by atoms with Crippen LogP contribution < -0.4 is 11.3 Å². The van der Waals surface area contributed by atoms with E-state index in [1.165, 1.54) is 36.4 Å². The molecule has 1 heterocycles. The molecule has 1 unspecified atom stereocenters. The standard InChI is InChI=1S/C16H29N3S/c1-11-5-7-12(8-6-11)13(19-17)9-15-18-14(10-20-15)16(2,3)4/h10-13,19H,5-9,17H2,1-4H3. The van der Waals surface area contributed by atoms with Crippen molar-refractivity contribution in [2.45, 2.75) is 71.3 Å². The van der Waals surface area contributed by atoms with Crippen LogP contribution in [0.5, 0.6) is 0 Å². The largest absolute Gasteiger partial charge is 0.271 e. The summed E-state index contributed by atoms with van der Waals surface area (Å²) in [6.45, 7) is 9.00. The van der Waals surface area contributed by atoms with Crippen LogP contribution in [0.4, 0.5) is 0 Å². The predicted molar refractivity (Wildman–Crippen MR) is 86.8 cm³/mol. The molecule has 1 aliphatic carbocycles. The van der Waals surface area contributed by atoms with Gasteiger partial charge >= 0.3 is 0 Å². The summed E-state index contributed by atoms with van der Waals surface area (Å²) in [7, 11) is 0. The monoisotopic (exact) mass is 295 g/mol. The highest BCUT2D eigenvalue weighted by Gasteiger charge is 2.27. The summed E-state index contributed by atoms with van der Waals surface area (Å²) in [5.74, 6) is 7.40. The van der Waals surface area contributed by atoms with E-state index in [0.717, 1.165) is 12.3 Å². The summed E-state index contributed by atoms with van der Waals surface area (Å²) in [5.41, 5.74) is 4.39. The molecular weight excluding hydrogens is 266 g/mol. The van der Waals surface area contributed by atoms with Crippen LogP contribution in [0.2, 0.25) is 0 Å². The lowest BCUT2D eigenvalue weighted by Crippen LogP contribution is -2.43. The highest BCUT2D eigenvalue weighted by atomic mass is 32.1. The molecule has 1 saturated carbocycles. The molecule has 1 aromatic rings. The molecule has 1 aliphatic rings. The number of nitrogens with two attached hydrogens (primary N) is 1. The molecule has 1 atom stereocenters. The minimum atomic E-state index is 0.140. The topological polar surface area (TPSA) is 50.9 Å². The molecule has 0 aromatic carbocycles. The first kappa shape index (κ1) is 15.9. The van der Waals surface area contributed by atoms with Crippen LogP contribution in [-0.4, -0.2) is 11.0 Å². The van der Waals surface area contributed by atoms with Crippen molar-refractivity contribution in [3.8, 4) is 0 Å². The van der Waals surface area contributed by atoms with Crippen LogP contribution in [0.25, 0.3) is 0 Å². The molecule has 0 bridgehead atoms. The molecule has 1 fully saturated rings. The number of hydrogen-bond donors (Lipinski definition) is 2. The number of hydrazine groups is 1. The van der Waals surface area contributed by atoms with Gasteiger partial charge < -0.3 is 0 Å². The number of rotatable bonds is 4. The zero-order chi connectivity index (χ0) is 14.8. The van der Waals surface area contributed by atoms with Gasteiger partial charge in [-0.15, -0.1) is 11.3 Å². The van der Waals surface area contributed by atoms with E-state index in [2.05, 4.69) is 38.5 Å². The quantitative estimate of drug-likeness (QED) is 0.658. The fourth-order valence-corrected chi connectivity index (χ4v) is 4.07. The predicted octanol–water partition coefficient (Wildman–Crippen LogP) is 3.64. The van der Waals surface area contributed by atoms with Crippen molar-refractivity contribution in [3.63, 3.8) is 0 Å². The van der Waals surface area contributed by atoms with Gasteiger partial charge in [0.15, 0.2) is 0 Å². The van der Waals surface area contributed by atoms with E-state index < -0.39 is 0 Å². The van der Waals surface area contributed by atoms with Gasteiger partial charge in [-0.25, -0.2) is 4.98 Å². The average molecular weight is 295 g/mol. The van der Waals surface area contributed by atoms with E-state index in [1.54, 1.807) is 11.3 Å². The second-order valence-electron chi connectivity index (χ2n) is 7.37. The van der Waals surface area contributed by atoms with Gasteiger partial charge in [-0.05, 0) is 24.7 Å². The van der Waals surface area contributed by atoms with E-state index in [9.17, 15) is 0 Å². The first-order valence-corrected chi connectivity index (χ1v) is 8.69. The Morgan fingerprint density at radius 1 is 1.35 bits per heavy atom. The van der Waals surface area contributed by atoms with Crippen molar-refractivity contribution in [1.82, 2.24) is 10.4 Å². The molecule has 0 radical (unpaired) electrons. The van der Waals surface area contributed by atoms with Crippen LogP contribution in [0.3, 0.4) is 0 Å². The van der Waals surface area contributed by atoms with Crippen molar-refractivity contribution >= 4 is 11.3 Å². The Bertz CT molecular complexity index is 414. The zero-order valence-electron chi connectivity index (χ0n) is 13.3. The van der Waals surface area contributed by atoms with E-state index in [-0.39, 0.29) is 5.41 Å². The maximum absolute atomic E-state index is 5.81. The van der Waals surface area contributed by atoms with E-state index in [1.807, 2.05) is 0 Å². The highest BCUT2D eigenvalue weighted by Crippen LogP contribution is 2.32. The summed E-state index contributed by atoms with van der Waals surface area (Å²) in [5, 5.41) is 3.42. The van der Waals surface area contributed by atoms with E-state index in [4.69, 9.17) is 10.8 Å². The maximum atomic E-state index is 5.81. The molecule has 3 N–H and O–H groups in total. The lowest BCUT2D eigenvalue weighted by molar-refractivity contribution is 0.229. The summed E-state index contributed by atoms with van der Waals surface area (Å²) in [4.78, 5) is 4.80. The number of nitrogens with zero attached hydrogens (tertiary/aromatic N) is 1. The lowest BCUT2D eigenvalue weighted by atomic mass is 9.78. The molecule has 0 spiro atoms. The van der Waals surface area contributed by atoms with Gasteiger partial charge in [0.2, 0.25) is 0 Å². The molecule has 0 amide bonds. The molecule has 114 valence electrons. The van der Waals surface area contributed by atoms with Gasteiger partial charge in [0.1, 0.15) is 0 Å². The molecule has 4 heteroatoms. The van der Waals surface area contributed by atoms with Gasteiger partial charge in [-0.2, -0.15) is 0 Å². The van der Waals surface area contributed by atoms with Crippen LogP contribution in [0.1, 0.15) is 64.1 Å². The molecule has 0 saturated heterocycles. The van der Waals surface area contributed by atoms with Gasteiger partial charge in [0.25, 0.3) is 0 Å². The van der Waals surface area contributed by atoms with Crippen LogP contribution in [0, 0.1) is 11.8 Å². The minimum absolute atomic E-state index is 0.140. The fourth-order valence-electron chi connectivity index (χ4n) is 2.99. The molecule has 0 aliphatic heterocycles. The molecule has 1 aromatic heterocycles. The van der Waals surface area contributed by atoms with Crippen molar-refractivity contribution < 1.29 is 0 Å². The number of hydrogen-bond acceptors (Lipinski definition) is 4. The Labute approximate surface area is 127 Å². The molecule has 3 nitrogen and oxygen atoms in total. The Hall–Kier alpha value is -0.450. The fraction of sp³-hybridized carbons (Fsp3) is 0.812. The number of nitrogens with one attached hydrogen (secondary N) is 1. The normalized spacial score (nSPS) is 25.6. The number of thiazole rings is 1. The van der Waals surface area contributed by atoms with Crippen LogP contribution >= 0.6 is 11.3 Å². The third-order valence-electron chi connectivity index (χ3n) is 4.56. The summed E-state index contributed by atoms with van der Waals surface area (Å²) in [6.07, 6.45) is 6.25. The van der Waals surface area contributed by atoms with E-state index in [0.29, 0.717) is 12.0 Å². The highest BCUT2D eigenvalue weighted by molar-refractivity contribution is 7.09. The van der Waals surface area contributed by atoms with Crippen LogP contribution in [0.15, 0.2) is 5.38 Å². The summed E-state index contributed by atoms with van der Waals surface area (Å²) < 4.78 is 0. The maximum Gasteiger partial charge on any atom is 0.0944 e. The average Bonchev–Trinajstić information content (AvgIpc) is 2.85. The zero-order valence-corrected chi connectivity index (χ0v) is 14.1. The summed E-state index contributed by atoms with van der Waals surface area (Å²) >= 11 is 1.78. The van der Waals surface area contributed by atoms with Gasteiger partial charge in [-0.3, -0.25) is 11.3 Å². The van der Waals surface area contributed by atoms with Gasteiger partial charge in [0, 0.05) is 23.3 Å². The van der Waals surface area contributed by atoms with Crippen molar-refractivity contribution in [2.24, 2.45) is 17.7 Å². The summed E-state index contributed by atoms with van der Waals surface area (Å²) in [6, 6.07) is 0.376. The van der Waals surface area contributed by atoms with Gasteiger partial charge in [-0.1, -0.05) is 40.5 Å². The first-order valence-electron chi connectivity index (χ1n) is 7.81. The first-order chi connectivity index (χ1) is 9.40. The molecular formula is C16H29N3S. The van der Waals surface area contributed by atoms with Crippen molar-refractivity contribution in [3.05, 3.63) is 16.1 Å². The molecule has 20 heavy (non-hydrogen) atoms. The van der Waals surface area contributed by atoms with E-state index >= 15 is 0 Å². The van der Waals surface area contributed by atoms with Gasteiger partial charge in [0.05, 0.1) is 10.7 Å². The third kappa shape index (κ3) is 4.03. The smallest absolute Gasteiger partial charge is 0.0944 e. The van der Waals surface area contributed by atoms with Crippen molar-refractivity contribution in [1.29, 1.82) is 0 Å². The third-order valence-corrected chi connectivity index (χ3v) is 5.43. The lowest BCUT2D eigenvalue weighted by Gasteiger charge is -2.32. The SMILES string of the molecule is CC1CCC(C(Cc2nc(C(C)(C)C)cs2)NN)CC1. The second kappa shape index (κ2) is 6.54.